The first-order chi connectivity index (χ1) is 17.5. The Morgan fingerprint density at radius 3 is 2.00 bits per heavy atom. The third-order valence-electron chi connectivity index (χ3n) is 4.38. The molecular formula is C28H42N2O5S2. The molecule has 0 saturated carbocycles. The zero-order chi connectivity index (χ0) is 27.6. The first-order valence-corrected chi connectivity index (χ1v) is 14.1. The van der Waals surface area contributed by atoms with Crippen molar-refractivity contribution in [3.05, 3.63) is 66.2 Å². The molecule has 2 N–H and O–H groups in total. The number of para-hydroxylation sites is 1. The molecule has 0 aliphatic heterocycles. The average molecular weight is 551 g/mol. The lowest BCUT2D eigenvalue weighted by molar-refractivity contribution is -0.120. The van der Waals surface area contributed by atoms with E-state index in [4.69, 9.17) is 13.1 Å². The van der Waals surface area contributed by atoms with E-state index in [-0.39, 0.29) is 17.9 Å². The maximum atomic E-state index is 11.9. The molecule has 0 heterocycles. The molecule has 0 aliphatic rings. The highest BCUT2D eigenvalue weighted by atomic mass is 32.2. The monoisotopic (exact) mass is 550 g/mol. The van der Waals surface area contributed by atoms with E-state index in [0.29, 0.717) is 13.2 Å². The summed E-state index contributed by atoms with van der Waals surface area (Å²) in [6.45, 7) is 12.2. The number of amides is 2. The molecule has 0 spiro atoms. The molecule has 37 heavy (non-hydrogen) atoms. The number of carbonyl (C=O) groups is 2. The van der Waals surface area contributed by atoms with Crippen molar-refractivity contribution in [2.75, 3.05) is 31.2 Å². The fourth-order valence-electron chi connectivity index (χ4n) is 2.48. The molecule has 0 fully saturated rings. The minimum atomic E-state index is -0.607. The Hall–Kier alpha value is -2.36. The summed E-state index contributed by atoms with van der Waals surface area (Å²) in [5.41, 5.74) is 0.507. The van der Waals surface area contributed by atoms with Crippen LogP contribution < -0.4 is 14.8 Å². The summed E-state index contributed by atoms with van der Waals surface area (Å²) in [5, 5.41) is 5.25. The Balaban J connectivity index is 0.000000836. The van der Waals surface area contributed by atoms with Gasteiger partial charge in [-0.2, -0.15) is 0 Å². The largest absolute Gasteiger partial charge is 0.444 e. The van der Waals surface area contributed by atoms with Gasteiger partial charge in [-0.1, -0.05) is 67.9 Å². The van der Waals surface area contributed by atoms with Gasteiger partial charge in [0.1, 0.15) is 11.4 Å². The zero-order valence-electron chi connectivity index (χ0n) is 22.9. The molecule has 7 nitrogen and oxygen atoms in total. The molecule has 0 unspecified atom stereocenters. The lowest BCUT2D eigenvalue weighted by Gasteiger charge is -2.24. The minimum absolute atomic E-state index is 0.122. The Morgan fingerprint density at radius 1 is 0.838 bits per heavy atom. The van der Waals surface area contributed by atoms with Crippen LogP contribution in [0.4, 0.5) is 4.79 Å². The lowest BCUT2D eigenvalue weighted by Crippen LogP contribution is -2.43. The Kier molecular flexibility index (Phi) is 15.9. The SMILES string of the molecule is CC(C)(CNC(=O)CNC(=O)OC(C)(C)C)COSCCCSOc1ccccc1.Cc1ccccc1. The van der Waals surface area contributed by atoms with Crippen molar-refractivity contribution in [1.29, 1.82) is 0 Å². The molecule has 0 radical (unpaired) electrons. The van der Waals surface area contributed by atoms with E-state index in [2.05, 4.69) is 29.7 Å². The van der Waals surface area contributed by atoms with Crippen LogP contribution in [0.5, 0.6) is 5.75 Å². The molecule has 0 saturated heterocycles. The van der Waals surface area contributed by atoms with Gasteiger partial charge in [-0.3, -0.25) is 4.79 Å². The van der Waals surface area contributed by atoms with Gasteiger partial charge in [-0.15, -0.1) is 0 Å². The number of ether oxygens (including phenoxy) is 1. The van der Waals surface area contributed by atoms with E-state index in [1.54, 1.807) is 20.8 Å². The van der Waals surface area contributed by atoms with Crippen molar-refractivity contribution in [3.8, 4) is 5.75 Å². The van der Waals surface area contributed by atoms with E-state index in [1.165, 1.54) is 29.6 Å². The Morgan fingerprint density at radius 2 is 1.43 bits per heavy atom. The Bertz CT molecular complexity index is 890. The number of alkyl carbamates (subject to hydrolysis) is 1. The van der Waals surface area contributed by atoms with Gasteiger partial charge in [-0.05, 0) is 58.3 Å². The highest BCUT2D eigenvalue weighted by Gasteiger charge is 2.21. The third-order valence-corrected chi connectivity index (χ3v) is 5.89. The van der Waals surface area contributed by atoms with E-state index in [0.717, 1.165) is 23.7 Å². The van der Waals surface area contributed by atoms with E-state index in [1.807, 2.05) is 62.4 Å². The van der Waals surface area contributed by atoms with E-state index in [9.17, 15) is 9.59 Å². The second kappa shape index (κ2) is 18.0. The number of hydrogen-bond donors (Lipinski definition) is 2. The van der Waals surface area contributed by atoms with E-state index < -0.39 is 11.7 Å². The van der Waals surface area contributed by atoms with Gasteiger partial charge in [-0.25, -0.2) is 4.79 Å². The molecule has 0 bridgehead atoms. The molecule has 2 rings (SSSR count). The summed E-state index contributed by atoms with van der Waals surface area (Å²) < 4.78 is 16.3. The fraction of sp³-hybridized carbons (Fsp3) is 0.500. The van der Waals surface area contributed by atoms with Gasteiger partial charge in [0.05, 0.1) is 25.2 Å². The first kappa shape index (κ1) is 32.7. The van der Waals surface area contributed by atoms with Gasteiger partial charge in [0.25, 0.3) is 0 Å². The van der Waals surface area contributed by atoms with Crippen LogP contribution in [0.2, 0.25) is 0 Å². The van der Waals surface area contributed by atoms with Gasteiger partial charge >= 0.3 is 6.09 Å². The topological polar surface area (TPSA) is 85.9 Å². The van der Waals surface area contributed by atoms with Crippen molar-refractivity contribution in [3.63, 3.8) is 0 Å². The molecule has 206 valence electrons. The van der Waals surface area contributed by atoms with Gasteiger partial charge in [0, 0.05) is 23.5 Å². The number of aryl methyl sites for hydroxylation is 1. The van der Waals surface area contributed by atoms with Crippen LogP contribution in [0, 0.1) is 12.3 Å². The third kappa shape index (κ3) is 19.4. The van der Waals surface area contributed by atoms with Gasteiger partial charge < -0.3 is 23.7 Å². The van der Waals surface area contributed by atoms with Crippen LogP contribution in [-0.4, -0.2) is 48.8 Å². The molecule has 0 aromatic heterocycles. The molecule has 2 aromatic carbocycles. The normalized spacial score (nSPS) is 11.1. The second-order valence-corrected chi connectivity index (χ2v) is 11.8. The van der Waals surface area contributed by atoms with E-state index >= 15 is 0 Å². The van der Waals surface area contributed by atoms with Crippen LogP contribution in [0.15, 0.2) is 60.7 Å². The van der Waals surface area contributed by atoms with Gasteiger partial charge in [0.15, 0.2) is 0 Å². The molecule has 2 amide bonds. The minimum Gasteiger partial charge on any atom is -0.444 e. The summed E-state index contributed by atoms with van der Waals surface area (Å²) in [4.78, 5) is 23.5. The summed E-state index contributed by atoms with van der Waals surface area (Å²) in [6, 6.07) is 20.0. The number of carbonyl (C=O) groups excluding carboxylic acids is 2. The molecule has 0 aliphatic carbocycles. The van der Waals surface area contributed by atoms with Crippen molar-refractivity contribution < 1.29 is 22.7 Å². The molecule has 2 aromatic rings. The predicted octanol–water partition coefficient (Wildman–Crippen LogP) is 6.43. The highest BCUT2D eigenvalue weighted by Crippen LogP contribution is 2.20. The van der Waals surface area contributed by atoms with Crippen molar-refractivity contribution in [2.45, 2.75) is 53.6 Å². The summed E-state index contributed by atoms with van der Waals surface area (Å²) in [7, 11) is 0. The van der Waals surface area contributed by atoms with Crippen molar-refractivity contribution in [2.24, 2.45) is 5.41 Å². The lowest BCUT2D eigenvalue weighted by atomic mass is 9.95. The summed E-state index contributed by atoms with van der Waals surface area (Å²) in [5.74, 6) is 2.34. The number of benzene rings is 2. The van der Waals surface area contributed by atoms with Crippen LogP contribution in [0.25, 0.3) is 0 Å². The molecule has 9 heteroatoms. The maximum absolute atomic E-state index is 11.9. The second-order valence-electron chi connectivity index (χ2n) is 10.1. The number of nitrogens with one attached hydrogen (secondary N) is 2. The molecular weight excluding hydrogens is 508 g/mol. The van der Waals surface area contributed by atoms with Gasteiger partial charge in [0.2, 0.25) is 5.91 Å². The average Bonchev–Trinajstić information content (AvgIpc) is 2.83. The van der Waals surface area contributed by atoms with Crippen molar-refractivity contribution in [1.82, 2.24) is 10.6 Å². The number of rotatable bonds is 13. The van der Waals surface area contributed by atoms with Crippen LogP contribution in [0.1, 0.15) is 46.6 Å². The highest BCUT2D eigenvalue weighted by molar-refractivity contribution is 7.95. The predicted molar refractivity (Wildman–Crippen MR) is 155 cm³/mol. The van der Waals surface area contributed by atoms with Crippen LogP contribution in [0.3, 0.4) is 0 Å². The molecule has 0 atom stereocenters. The maximum Gasteiger partial charge on any atom is 0.408 e. The smallest absolute Gasteiger partial charge is 0.408 e. The first-order valence-electron chi connectivity index (χ1n) is 12.3. The Labute approximate surface area is 231 Å². The van der Waals surface area contributed by atoms with Crippen molar-refractivity contribution >= 4 is 36.1 Å². The summed E-state index contributed by atoms with van der Waals surface area (Å²) in [6.07, 6.45) is 0.360. The zero-order valence-corrected chi connectivity index (χ0v) is 24.5. The fourth-order valence-corrected chi connectivity index (χ4v) is 4.03. The summed E-state index contributed by atoms with van der Waals surface area (Å²) >= 11 is 2.86. The van der Waals surface area contributed by atoms with Crippen LogP contribution in [-0.2, 0) is 13.7 Å². The van der Waals surface area contributed by atoms with Crippen LogP contribution >= 0.6 is 24.1 Å². The number of hydrogen-bond acceptors (Lipinski definition) is 7. The quantitative estimate of drug-likeness (QED) is 0.220. The standard InChI is InChI=1S/C21H34N2O5S2.C7H8/c1-20(2,3)27-19(25)22-14-18(24)23-15-21(4,5)16-26-29-12-9-13-30-28-17-10-7-6-8-11-17;1-7-5-3-2-4-6-7/h6-8,10-11H,9,12-16H2,1-5H3,(H,22,25)(H,23,24);2-6H,1H3.